The van der Waals surface area contributed by atoms with Crippen molar-refractivity contribution in [1.29, 1.82) is 0 Å². The lowest BCUT2D eigenvalue weighted by molar-refractivity contribution is 0.0583. The Kier molecular flexibility index (Phi) is 3.58. The van der Waals surface area contributed by atoms with Gasteiger partial charge in [-0.25, -0.2) is 0 Å². The van der Waals surface area contributed by atoms with Crippen molar-refractivity contribution in [3.8, 4) is 0 Å². The molecule has 0 aromatic carbocycles. The zero-order valence-electron chi connectivity index (χ0n) is 11.7. The van der Waals surface area contributed by atoms with Gasteiger partial charge in [0, 0.05) is 12.7 Å². The topological polar surface area (TPSA) is 51.3 Å². The number of aromatic nitrogens is 2. The van der Waals surface area contributed by atoms with Crippen LogP contribution < -0.4 is 0 Å². The summed E-state index contributed by atoms with van der Waals surface area (Å²) in [7, 11) is 0. The third kappa shape index (κ3) is 2.61. The first-order valence-electron chi connectivity index (χ1n) is 7.06. The predicted molar refractivity (Wildman–Crippen MR) is 74.3 cm³/mol. The Morgan fingerprint density at radius 2 is 2.40 bits per heavy atom. The molecule has 106 valence electrons. The Hall–Kier alpha value is -2.04. The molecule has 5 heteroatoms. The minimum atomic E-state index is 0.0623. The molecule has 1 aliphatic heterocycles. The van der Waals surface area contributed by atoms with Gasteiger partial charge in [-0.1, -0.05) is 0 Å². The summed E-state index contributed by atoms with van der Waals surface area (Å²) in [6, 6.07) is 1.94. The second-order valence-corrected chi connectivity index (χ2v) is 5.40. The average Bonchev–Trinajstić information content (AvgIpc) is 3.10. The molecular weight excluding hydrogens is 254 g/mol. The quantitative estimate of drug-likeness (QED) is 0.863. The van der Waals surface area contributed by atoms with E-state index in [2.05, 4.69) is 5.10 Å². The molecule has 2 aromatic heterocycles. The second kappa shape index (κ2) is 5.53. The Balaban J connectivity index is 1.75. The van der Waals surface area contributed by atoms with Crippen LogP contribution >= 0.6 is 0 Å². The molecule has 2 aromatic rings. The van der Waals surface area contributed by atoms with E-state index in [4.69, 9.17) is 4.42 Å². The fraction of sp³-hybridized carbons (Fsp3) is 0.467. The molecule has 1 aliphatic rings. The van der Waals surface area contributed by atoms with Crippen LogP contribution in [0.2, 0.25) is 0 Å². The lowest BCUT2D eigenvalue weighted by Crippen LogP contribution is -2.45. The standard InChI is InChI=1S/C15H19N3O2/c1-12-8-16-17(9-12)10-14-4-2-3-6-18(14)15(19)13-5-7-20-11-13/h5,7-9,11,14H,2-4,6,10H2,1H3. The van der Waals surface area contributed by atoms with Gasteiger partial charge in [-0.3, -0.25) is 9.48 Å². The Morgan fingerprint density at radius 1 is 1.50 bits per heavy atom. The van der Waals surface area contributed by atoms with Crippen molar-refractivity contribution in [3.63, 3.8) is 0 Å². The van der Waals surface area contributed by atoms with Gasteiger partial charge in [-0.2, -0.15) is 5.10 Å². The van der Waals surface area contributed by atoms with Crippen LogP contribution in [0.5, 0.6) is 0 Å². The number of carbonyl (C=O) groups excluding carboxylic acids is 1. The van der Waals surface area contributed by atoms with Crippen LogP contribution in [0, 0.1) is 6.92 Å². The van der Waals surface area contributed by atoms with Crippen molar-refractivity contribution in [2.45, 2.75) is 38.8 Å². The molecule has 1 saturated heterocycles. The average molecular weight is 273 g/mol. The largest absolute Gasteiger partial charge is 0.472 e. The van der Waals surface area contributed by atoms with Crippen LogP contribution in [-0.4, -0.2) is 33.2 Å². The van der Waals surface area contributed by atoms with E-state index >= 15 is 0 Å². The zero-order chi connectivity index (χ0) is 13.9. The lowest BCUT2D eigenvalue weighted by Gasteiger charge is -2.35. The number of hydrogen-bond donors (Lipinski definition) is 0. The number of rotatable bonds is 3. The van der Waals surface area contributed by atoms with E-state index in [-0.39, 0.29) is 11.9 Å². The van der Waals surface area contributed by atoms with E-state index in [1.54, 1.807) is 12.3 Å². The molecule has 3 heterocycles. The smallest absolute Gasteiger partial charge is 0.257 e. The van der Waals surface area contributed by atoms with Gasteiger partial charge >= 0.3 is 0 Å². The summed E-state index contributed by atoms with van der Waals surface area (Å²) in [5.74, 6) is 0.0623. The maximum Gasteiger partial charge on any atom is 0.257 e. The molecule has 1 amide bonds. The van der Waals surface area contributed by atoms with Gasteiger partial charge in [0.25, 0.3) is 5.91 Å². The number of aryl methyl sites for hydroxylation is 1. The summed E-state index contributed by atoms with van der Waals surface area (Å²) in [4.78, 5) is 14.5. The van der Waals surface area contributed by atoms with Crippen LogP contribution in [0.1, 0.15) is 35.2 Å². The predicted octanol–water partition coefficient (Wildman–Crippen LogP) is 2.48. The first-order chi connectivity index (χ1) is 9.74. The first kappa shape index (κ1) is 13.0. The fourth-order valence-electron chi connectivity index (χ4n) is 2.79. The van der Waals surface area contributed by atoms with Crippen molar-refractivity contribution < 1.29 is 9.21 Å². The van der Waals surface area contributed by atoms with Gasteiger partial charge in [-0.05, 0) is 37.8 Å². The van der Waals surface area contributed by atoms with Gasteiger partial charge < -0.3 is 9.32 Å². The molecule has 0 saturated carbocycles. The van der Waals surface area contributed by atoms with E-state index in [0.29, 0.717) is 5.56 Å². The Bertz CT molecular complexity index is 574. The summed E-state index contributed by atoms with van der Waals surface area (Å²) < 4.78 is 6.95. The molecule has 3 rings (SSSR count). The normalized spacial score (nSPS) is 19.2. The summed E-state index contributed by atoms with van der Waals surface area (Å²) in [6.45, 7) is 3.60. The highest BCUT2D eigenvalue weighted by atomic mass is 16.3. The number of hydrogen-bond acceptors (Lipinski definition) is 3. The third-order valence-electron chi connectivity index (χ3n) is 3.82. The van der Waals surface area contributed by atoms with Crippen molar-refractivity contribution in [2.24, 2.45) is 0 Å². The van der Waals surface area contributed by atoms with E-state index < -0.39 is 0 Å². The summed E-state index contributed by atoms with van der Waals surface area (Å²) in [5.41, 5.74) is 1.78. The maximum atomic E-state index is 12.5. The summed E-state index contributed by atoms with van der Waals surface area (Å²) >= 11 is 0. The van der Waals surface area contributed by atoms with Gasteiger partial charge in [0.05, 0.1) is 30.6 Å². The summed E-state index contributed by atoms with van der Waals surface area (Å²) in [6.07, 6.45) is 10.2. The van der Waals surface area contributed by atoms with Crippen LogP contribution in [0.15, 0.2) is 35.4 Å². The molecule has 1 fully saturated rings. The Morgan fingerprint density at radius 3 is 3.10 bits per heavy atom. The highest BCUT2D eigenvalue weighted by molar-refractivity contribution is 5.94. The molecule has 0 spiro atoms. The SMILES string of the molecule is Cc1cnn(CC2CCCCN2C(=O)c2ccoc2)c1. The highest BCUT2D eigenvalue weighted by Gasteiger charge is 2.28. The molecule has 0 bridgehead atoms. The summed E-state index contributed by atoms with van der Waals surface area (Å²) in [5, 5.41) is 4.33. The van der Waals surface area contributed by atoms with Crippen molar-refractivity contribution in [1.82, 2.24) is 14.7 Å². The maximum absolute atomic E-state index is 12.5. The van der Waals surface area contributed by atoms with Gasteiger partial charge in [-0.15, -0.1) is 0 Å². The van der Waals surface area contributed by atoms with Crippen molar-refractivity contribution in [2.75, 3.05) is 6.54 Å². The lowest BCUT2D eigenvalue weighted by atomic mass is 10.0. The van der Waals surface area contributed by atoms with Crippen LogP contribution in [-0.2, 0) is 6.54 Å². The van der Waals surface area contributed by atoms with Crippen molar-refractivity contribution >= 4 is 5.91 Å². The van der Waals surface area contributed by atoms with E-state index in [9.17, 15) is 4.79 Å². The highest BCUT2D eigenvalue weighted by Crippen LogP contribution is 2.21. The number of nitrogens with zero attached hydrogens (tertiary/aromatic N) is 3. The molecule has 1 unspecified atom stereocenters. The van der Waals surface area contributed by atoms with Crippen LogP contribution in [0.3, 0.4) is 0 Å². The molecule has 5 nitrogen and oxygen atoms in total. The van der Waals surface area contributed by atoms with E-state index in [0.717, 1.165) is 31.5 Å². The Labute approximate surface area is 118 Å². The molecule has 0 aliphatic carbocycles. The number of likely N-dealkylation sites (tertiary alicyclic amines) is 1. The molecule has 20 heavy (non-hydrogen) atoms. The molecule has 1 atom stereocenters. The van der Waals surface area contributed by atoms with E-state index in [1.165, 1.54) is 12.7 Å². The molecule has 0 N–H and O–H groups in total. The zero-order valence-corrected chi connectivity index (χ0v) is 11.7. The number of furan rings is 1. The second-order valence-electron chi connectivity index (χ2n) is 5.40. The molecule has 0 radical (unpaired) electrons. The first-order valence-corrected chi connectivity index (χ1v) is 7.06. The van der Waals surface area contributed by atoms with E-state index in [1.807, 2.05) is 28.9 Å². The fourth-order valence-corrected chi connectivity index (χ4v) is 2.79. The minimum Gasteiger partial charge on any atom is -0.472 e. The van der Waals surface area contributed by atoms with Gasteiger partial charge in [0.2, 0.25) is 0 Å². The number of carbonyl (C=O) groups is 1. The number of piperidine rings is 1. The van der Waals surface area contributed by atoms with Crippen LogP contribution in [0.4, 0.5) is 0 Å². The third-order valence-corrected chi connectivity index (χ3v) is 3.82. The van der Waals surface area contributed by atoms with Gasteiger partial charge in [0.1, 0.15) is 6.26 Å². The molecular formula is C15H19N3O2. The minimum absolute atomic E-state index is 0.0623. The van der Waals surface area contributed by atoms with Gasteiger partial charge in [0.15, 0.2) is 0 Å². The number of amides is 1. The van der Waals surface area contributed by atoms with Crippen LogP contribution in [0.25, 0.3) is 0 Å². The van der Waals surface area contributed by atoms with Crippen molar-refractivity contribution in [3.05, 3.63) is 42.1 Å². The monoisotopic (exact) mass is 273 g/mol.